The smallest absolute Gasteiger partial charge is 0.185 e. The van der Waals surface area contributed by atoms with E-state index in [1.807, 2.05) is 0 Å². The molecule has 0 aliphatic heterocycles. The summed E-state index contributed by atoms with van der Waals surface area (Å²) in [5.41, 5.74) is -0.0428. The van der Waals surface area contributed by atoms with Crippen molar-refractivity contribution in [1.29, 1.82) is 0 Å². The number of hydrogen-bond donors (Lipinski definition) is 0. The Morgan fingerprint density at radius 3 is 2.47 bits per heavy atom. The molecule has 1 rings (SSSR count). The van der Waals surface area contributed by atoms with Crippen molar-refractivity contribution in [2.24, 2.45) is 0 Å². The Morgan fingerprint density at radius 1 is 1.27 bits per heavy atom. The topological polar surface area (TPSA) is 30.2 Å². The van der Waals surface area contributed by atoms with Crippen molar-refractivity contribution in [3.05, 3.63) is 33.9 Å². The van der Waals surface area contributed by atoms with Gasteiger partial charge in [0.05, 0.1) is 0 Å². The van der Waals surface area contributed by atoms with Crippen LogP contribution in [0.5, 0.6) is 0 Å². The third kappa shape index (κ3) is 3.54. The van der Waals surface area contributed by atoms with Gasteiger partial charge in [-0.1, -0.05) is 34.1 Å². The van der Waals surface area contributed by atoms with Crippen LogP contribution in [0, 0.1) is 0 Å². The molecule has 0 bridgehead atoms. The lowest BCUT2D eigenvalue weighted by Crippen LogP contribution is -2.15. The summed E-state index contributed by atoms with van der Waals surface area (Å²) in [6.45, 7) is 8.28. The van der Waals surface area contributed by atoms with Crippen LogP contribution in [0.15, 0.2) is 21.3 Å². The second kappa shape index (κ2) is 4.65. The lowest BCUT2D eigenvalue weighted by Gasteiger charge is -2.17. The standard InChI is InChI=1S/C13H20O2/c1-5-6-7-11-8-10(14)9-12(15-11)13(2,3)4/h8-9H,5-7H2,1-4H3. The van der Waals surface area contributed by atoms with Gasteiger partial charge in [0.25, 0.3) is 0 Å². The summed E-state index contributed by atoms with van der Waals surface area (Å²) < 4.78 is 5.72. The van der Waals surface area contributed by atoms with E-state index in [2.05, 4.69) is 27.7 Å². The Kier molecular flexibility index (Phi) is 3.72. The highest BCUT2D eigenvalue weighted by Crippen LogP contribution is 2.21. The van der Waals surface area contributed by atoms with E-state index in [1.165, 1.54) is 0 Å². The summed E-state index contributed by atoms with van der Waals surface area (Å²) in [5, 5.41) is 0. The van der Waals surface area contributed by atoms with Gasteiger partial charge in [-0.3, -0.25) is 4.79 Å². The zero-order chi connectivity index (χ0) is 11.5. The molecule has 0 atom stereocenters. The van der Waals surface area contributed by atoms with Gasteiger partial charge in [0.2, 0.25) is 0 Å². The highest BCUT2D eigenvalue weighted by atomic mass is 16.3. The Labute approximate surface area is 91.3 Å². The van der Waals surface area contributed by atoms with Gasteiger partial charge in [0.1, 0.15) is 11.5 Å². The molecule has 0 fully saturated rings. The van der Waals surface area contributed by atoms with E-state index in [4.69, 9.17) is 4.42 Å². The molecule has 0 N–H and O–H groups in total. The molecule has 84 valence electrons. The van der Waals surface area contributed by atoms with E-state index in [1.54, 1.807) is 12.1 Å². The molecule has 0 unspecified atom stereocenters. The molecular formula is C13H20O2. The van der Waals surface area contributed by atoms with Crippen molar-refractivity contribution in [2.75, 3.05) is 0 Å². The third-order valence-electron chi connectivity index (χ3n) is 2.33. The molecule has 0 spiro atoms. The average Bonchev–Trinajstić information content (AvgIpc) is 2.12. The minimum absolute atomic E-state index is 0.0530. The maximum absolute atomic E-state index is 11.5. The maximum Gasteiger partial charge on any atom is 0.185 e. The molecule has 0 aromatic carbocycles. The first-order valence-electron chi connectivity index (χ1n) is 5.58. The molecule has 2 nitrogen and oxygen atoms in total. The Bertz CT molecular complexity index is 369. The summed E-state index contributed by atoms with van der Waals surface area (Å²) >= 11 is 0. The Balaban J connectivity index is 3.01. The van der Waals surface area contributed by atoms with Gasteiger partial charge in [-0.15, -0.1) is 0 Å². The van der Waals surface area contributed by atoms with Gasteiger partial charge in [0, 0.05) is 24.0 Å². The second-order valence-electron chi connectivity index (χ2n) is 4.98. The van der Waals surface area contributed by atoms with Crippen LogP contribution in [-0.2, 0) is 11.8 Å². The molecule has 1 heterocycles. The van der Waals surface area contributed by atoms with Crippen LogP contribution in [0.1, 0.15) is 52.1 Å². The predicted octanol–water partition coefficient (Wildman–Crippen LogP) is 3.28. The lowest BCUT2D eigenvalue weighted by molar-refractivity contribution is 0.368. The number of hydrogen-bond acceptors (Lipinski definition) is 2. The molecule has 2 heteroatoms. The molecule has 0 aliphatic rings. The van der Waals surface area contributed by atoms with Crippen LogP contribution >= 0.6 is 0 Å². The molecular weight excluding hydrogens is 188 g/mol. The maximum atomic E-state index is 11.5. The summed E-state index contributed by atoms with van der Waals surface area (Å²) in [7, 11) is 0. The highest BCUT2D eigenvalue weighted by Gasteiger charge is 2.17. The van der Waals surface area contributed by atoms with Crippen LogP contribution in [0.2, 0.25) is 0 Å². The van der Waals surface area contributed by atoms with Crippen LogP contribution in [0.3, 0.4) is 0 Å². The number of unbranched alkanes of at least 4 members (excludes halogenated alkanes) is 1. The third-order valence-corrected chi connectivity index (χ3v) is 2.33. The van der Waals surface area contributed by atoms with Crippen molar-refractivity contribution in [1.82, 2.24) is 0 Å². The molecule has 15 heavy (non-hydrogen) atoms. The quantitative estimate of drug-likeness (QED) is 0.763. The van der Waals surface area contributed by atoms with Crippen molar-refractivity contribution in [2.45, 2.75) is 52.4 Å². The first-order chi connectivity index (χ1) is 6.93. The first kappa shape index (κ1) is 12.0. The fraction of sp³-hybridized carbons (Fsp3) is 0.615. The molecule has 0 saturated carbocycles. The predicted molar refractivity (Wildman–Crippen MR) is 62.3 cm³/mol. The molecule has 0 radical (unpaired) electrons. The Hall–Kier alpha value is -1.05. The van der Waals surface area contributed by atoms with E-state index >= 15 is 0 Å². The SMILES string of the molecule is CCCCc1cc(=O)cc(C(C)(C)C)o1. The van der Waals surface area contributed by atoms with Gasteiger partial charge in [-0.25, -0.2) is 0 Å². The molecule has 1 aromatic rings. The van der Waals surface area contributed by atoms with E-state index in [0.29, 0.717) is 0 Å². The summed E-state index contributed by atoms with van der Waals surface area (Å²) in [4.78, 5) is 11.5. The fourth-order valence-electron chi connectivity index (χ4n) is 1.37. The average molecular weight is 208 g/mol. The van der Waals surface area contributed by atoms with Crippen LogP contribution in [0.25, 0.3) is 0 Å². The molecule has 0 amide bonds. The molecule has 0 saturated heterocycles. The van der Waals surface area contributed by atoms with Crippen LogP contribution in [-0.4, -0.2) is 0 Å². The molecule has 0 aliphatic carbocycles. The summed E-state index contributed by atoms with van der Waals surface area (Å²) in [6, 6.07) is 3.19. The number of rotatable bonds is 3. The molecule has 1 aromatic heterocycles. The van der Waals surface area contributed by atoms with Crippen LogP contribution < -0.4 is 5.43 Å². The van der Waals surface area contributed by atoms with Gasteiger partial charge < -0.3 is 4.42 Å². The van der Waals surface area contributed by atoms with Crippen molar-refractivity contribution in [3.63, 3.8) is 0 Å². The van der Waals surface area contributed by atoms with Crippen molar-refractivity contribution < 1.29 is 4.42 Å². The minimum atomic E-state index is -0.0958. The largest absolute Gasteiger partial charge is 0.465 e. The minimum Gasteiger partial charge on any atom is -0.465 e. The van der Waals surface area contributed by atoms with Crippen LogP contribution in [0.4, 0.5) is 0 Å². The lowest BCUT2D eigenvalue weighted by atomic mass is 9.93. The van der Waals surface area contributed by atoms with E-state index in [-0.39, 0.29) is 10.8 Å². The summed E-state index contributed by atoms with van der Waals surface area (Å²) in [5.74, 6) is 1.59. The fourth-order valence-corrected chi connectivity index (χ4v) is 1.37. The van der Waals surface area contributed by atoms with Gasteiger partial charge in [0.15, 0.2) is 5.43 Å². The first-order valence-corrected chi connectivity index (χ1v) is 5.58. The van der Waals surface area contributed by atoms with Gasteiger partial charge >= 0.3 is 0 Å². The highest BCUT2D eigenvalue weighted by molar-refractivity contribution is 5.13. The summed E-state index contributed by atoms with van der Waals surface area (Å²) in [6.07, 6.45) is 3.04. The normalized spacial score (nSPS) is 11.7. The second-order valence-corrected chi connectivity index (χ2v) is 4.98. The monoisotopic (exact) mass is 208 g/mol. The van der Waals surface area contributed by atoms with E-state index in [9.17, 15) is 4.79 Å². The zero-order valence-corrected chi connectivity index (χ0v) is 10.1. The van der Waals surface area contributed by atoms with E-state index < -0.39 is 0 Å². The van der Waals surface area contributed by atoms with E-state index in [0.717, 1.165) is 30.8 Å². The van der Waals surface area contributed by atoms with Gasteiger partial charge in [-0.05, 0) is 6.42 Å². The Morgan fingerprint density at radius 2 is 1.93 bits per heavy atom. The van der Waals surface area contributed by atoms with Crippen molar-refractivity contribution in [3.8, 4) is 0 Å². The van der Waals surface area contributed by atoms with Crippen molar-refractivity contribution >= 4 is 0 Å². The number of aryl methyl sites for hydroxylation is 1. The zero-order valence-electron chi connectivity index (χ0n) is 10.1. The van der Waals surface area contributed by atoms with Gasteiger partial charge in [-0.2, -0.15) is 0 Å².